The van der Waals surface area contributed by atoms with Crippen LogP contribution < -0.4 is 5.11 Å². The molecule has 0 unspecified atom stereocenters. The van der Waals surface area contributed by atoms with Gasteiger partial charge in [-0.3, -0.25) is 0 Å². The number of phenols is 1. The minimum atomic E-state index is -1.18. The predicted molar refractivity (Wildman–Crippen MR) is 266 cm³/mol. The van der Waals surface area contributed by atoms with Gasteiger partial charge in [0.15, 0.2) is 14.7 Å². The molecule has 0 aliphatic carbocycles. The van der Waals surface area contributed by atoms with Crippen LogP contribution in [0.15, 0.2) is 154 Å². The summed E-state index contributed by atoms with van der Waals surface area (Å²) in [6.45, 7) is 11.0. The number of aromatic carboxylic acids is 2. The molecular formula is C56H77NO6S. The molecule has 0 amide bonds. The lowest BCUT2D eigenvalue weighted by Crippen LogP contribution is -2.27. The van der Waals surface area contributed by atoms with Crippen LogP contribution in [0.5, 0.6) is 11.5 Å². The topological polar surface area (TPSA) is 121 Å². The van der Waals surface area contributed by atoms with Crippen LogP contribution in [0.25, 0.3) is 0 Å². The second-order valence-corrected chi connectivity index (χ2v) is 18.0. The number of para-hydroxylation sites is 2. The van der Waals surface area contributed by atoms with Gasteiger partial charge in [-0.15, -0.1) is 0 Å². The molecule has 0 aromatic heterocycles. The summed E-state index contributed by atoms with van der Waals surface area (Å²) < 4.78 is 0. The second-order valence-electron chi connectivity index (χ2n) is 16.0. The average molecular weight is 892 g/mol. The van der Waals surface area contributed by atoms with Gasteiger partial charge in [0.2, 0.25) is 0 Å². The van der Waals surface area contributed by atoms with Crippen molar-refractivity contribution in [3.8, 4) is 11.5 Å². The van der Waals surface area contributed by atoms with Crippen molar-refractivity contribution in [3.05, 3.63) is 151 Å². The van der Waals surface area contributed by atoms with E-state index < -0.39 is 17.7 Å². The van der Waals surface area contributed by atoms with Crippen LogP contribution in [0, 0.1) is 0 Å². The Hall–Kier alpha value is -5.05. The number of unbranched alkanes of at least 4 members (excludes halogenated alkanes) is 15. The van der Waals surface area contributed by atoms with Crippen LogP contribution >= 0.6 is 0 Å². The van der Waals surface area contributed by atoms with E-state index in [0.717, 1.165) is 0 Å². The predicted octanol–water partition coefficient (Wildman–Crippen LogP) is 14.7. The number of carboxylic acid groups (broad SMARTS) is 2. The first-order valence-electron chi connectivity index (χ1n) is 23.9. The molecule has 8 heteroatoms. The summed E-state index contributed by atoms with van der Waals surface area (Å²) in [5.74, 6) is -2.94. The van der Waals surface area contributed by atoms with E-state index in [0.29, 0.717) is 0 Å². The fraction of sp³-hybridized carbons (Fsp3) is 0.429. The first kappa shape index (κ1) is 55.1. The first-order valence-corrected chi connectivity index (χ1v) is 25.1. The molecule has 7 nitrogen and oxygen atoms in total. The fourth-order valence-electron chi connectivity index (χ4n) is 7.06. The van der Waals surface area contributed by atoms with Gasteiger partial charge in [-0.25, -0.2) is 9.59 Å². The maximum Gasteiger partial charge on any atom is 0.339 e. The van der Waals surface area contributed by atoms with E-state index in [1.807, 2.05) is 0 Å². The van der Waals surface area contributed by atoms with Crippen LogP contribution in [0.1, 0.15) is 157 Å². The maximum atomic E-state index is 10.7. The fourth-order valence-corrected chi connectivity index (χ4v) is 9.16. The van der Waals surface area contributed by atoms with E-state index in [1.54, 1.807) is 12.1 Å². The Morgan fingerprint density at radius 1 is 0.422 bits per heavy atom. The summed E-state index contributed by atoms with van der Waals surface area (Å²) in [5.41, 5.74) is -0.245. The molecule has 0 radical (unpaired) electrons. The number of hydrogen-bond donors (Lipinski definition) is 3. The number of nitrogens with zero attached hydrogens (tertiary/aromatic N) is 1. The highest BCUT2D eigenvalue weighted by atomic mass is 32.2. The molecule has 0 atom stereocenters. The van der Waals surface area contributed by atoms with E-state index in [2.05, 4.69) is 117 Å². The van der Waals surface area contributed by atoms with Gasteiger partial charge >= 0.3 is 11.9 Å². The van der Waals surface area contributed by atoms with Gasteiger partial charge in [0.25, 0.3) is 0 Å². The molecule has 0 fully saturated rings. The molecule has 5 aromatic carbocycles. The number of hydrogen-bond acceptors (Lipinski definition) is 5. The van der Waals surface area contributed by atoms with Gasteiger partial charge in [0.05, 0.1) is 16.5 Å². The van der Waals surface area contributed by atoms with Crippen LogP contribution in [-0.4, -0.2) is 51.8 Å². The summed E-state index contributed by atoms with van der Waals surface area (Å²) in [4.78, 5) is 27.4. The summed E-state index contributed by atoms with van der Waals surface area (Å²) in [6.07, 6.45) is 25.7. The zero-order valence-corrected chi connectivity index (χ0v) is 39.9. The minimum absolute atomic E-state index is 0.0146. The molecule has 0 spiro atoms. The molecule has 64 heavy (non-hydrogen) atoms. The molecule has 0 aliphatic heterocycles. The molecule has 0 heterocycles. The van der Waals surface area contributed by atoms with Crippen molar-refractivity contribution in [2.75, 3.05) is 19.6 Å². The van der Waals surface area contributed by atoms with Gasteiger partial charge in [-0.1, -0.05) is 208 Å². The van der Waals surface area contributed by atoms with Crippen molar-refractivity contribution in [1.82, 2.24) is 4.90 Å². The average Bonchev–Trinajstić information content (AvgIpc) is 3.31. The quantitative estimate of drug-likeness (QED) is 0.0373. The number of rotatable bonds is 26. The van der Waals surface area contributed by atoms with Crippen molar-refractivity contribution < 1.29 is 30.0 Å². The Morgan fingerprint density at radius 2 is 0.719 bits per heavy atom. The molecule has 0 aliphatic rings. The summed E-state index contributed by atoms with van der Waals surface area (Å²) in [7, 11) is -0.0146. The SMILES string of the molecule is CCCCCCCCN(CCCCCCCC)CCCCCCCC.O=C(O)c1ccccc1O.O=C(O)c1ccccc1[O-].c1ccc([S+](c2ccccc2)c2ccccc2)cc1. The normalized spacial score (nSPS) is 10.5. The zero-order valence-electron chi connectivity index (χ0n) is 39.1. The van der Waals surface area contributed by atoms with Gasteiger partial charge in [0, 0.05) is 0 Å². The van der Waals surface area contributed by atoms with Crippen molar-refractivity contribution >= 4 is 22.8 Å². The number of benzene rings is 5. The molecule has 0 saturated carbocycles. The Kier molecular flexibility index (Phi) is 31.2. The standard InChI is InChI=1S/C24H51N.C18H15S.2C7H6O3/c1-4-7-10-13-16-19-22-25(23-20-17-14-11-8-5-2)24-21-18-15-12-9-6-3;1-4-10-16(11-5-1)19(17-12-6-2-7-13-17)18-14-8-3-9-15-18;2*8-6-4-2-1-3-5(6)7(9)10/h4-24H2,1-3H3;1-15H;2*1-4,8H,(H,9,10)/q;+1;;/p-1. The first-order chi connectivity index (χ1) is 31.2. The van der Waals surface area contributed by atoms with Crippen LogP contribution in [-0.2, 0) is 10.9 Å². The molecule has 5 rings (SSSR count). The van der Waals surface area contributed by atoms with E-state index in [1.165, 1.54) is 186 Å². The van der Waals surface area contributed by atoms with Gasteiger partial charge < -0.3 is 25.3 Å². The lowest BCUT2D eigenvalue weighted by molar-refractivity contribution is -0.268. The molecule has 0 bridgehead atoms. The number of carbonyl (C=O) groups is 2. The van der Waals surface area contributed by atoms with E-state index >= 15 is 0 Å². The lowest BCUT2D eigenvalue weighted by Gasteiger charge is -2.22. The summed E-state index contributed by atoms with van der Waals surface area (Å²) in [5, 5.41) is 36.4. The third-order valence-corrected chi connectivity index (χ3v) is 12.9. The largest absolute Gasteiger partial charge is 0.872 e. The van der Waals surface area contributed by atoms with Crippen molar-refractivity contribution in [3.63, 3.8) is 0 Å². The number of carboxylic acids is 2. The molecule has 5 aromatic rings. The van der Waals surface area contributed by atoms with Crippen molar-refractivity contribution in [1.29, 1.82) is 0 Å². The highest BCUT2D eigenvalue weighted by Gasteiger charge is 2.27. The summed E-state index contributed by atoms with van der Waals surface area (Å²) >= 11 is 0. The van der Waals surface area contributed by atoms with Gasteiger partial charge in [-0.05, 0) is 93.5 Å². The lowest BCUT2D eigenvalue weighted by atomic mass is 10.1. The van der Waals surface area contributed by atoms with Crippen molar-refractivity contribution in [2.24, 2.45) is 0 Å². The third-order valence-electron chi connectivity index (χ3n) is 10.7. The second kappa shape index (κ2) is 36.3. The van der Waals surface area contributed by atoms with Gasteiger partial charge in [0.1, 0.15) is 11.3 Å². The molecular weight excluding hydrogens is 815 g/mol. The zero-order chi connectivity index (χ0) is 46.5. The Bertz CT molecular complexity index is 1700. The van der Waals surface area contributed by atoms with E-state index in [9.17, 15) is 14.7 Å². The van der Waals surface area contributed by atoms with E-state index in [-0.39, 0.29) is 27.8 Å². The Balaban J connectivity index is 0.000000315. The van der Waals surface area contributed by atoms with Crippen LogP contribution in [0.4, 0.5) is 0 Å². The summed E-state index contributed by atoms with van der Waals surface area (Å²) in [6, 6.07) is 43.5. The Labute approximate surface area is 389 Å². The monoisotopic (exact) mass is 892 g/mol. The minimum Gasteiger partial charge on any atom is -0.872 e. The molecule has 3 N–H and O–H groups in total. The Morgan fingerprint density at radius 3 is 1.02 bits per heavy atom. The maximum absolute atomic E-state index is 10.7. The smallest absolute Gasteiger partial charge is 0.339 e. The number of aromatic hydroxyl groups is 1. The third kappa shape index (κ3) is 24.7. The van der Waals surface area contributed by atoms with Crippen LogP contribution in [0.2, 0.25) is 0 Å². The van der Waals surface area contributed by atoms with Gasteiger partial charge in [-0.2, -0.15) is 0 Å². The highest BCUT2D eigenvalue weighted by Crippen LogP contribution is 2.30. The van der Waals surface area contributed by atoms with Crippen molar-refractivity contribution in [2.45, 2.75) is 151 Å². The van der Waals surface area contributed by atoms with Crippen LogP contribution in [0.3, 0.4) is 0 Å². The molecule has 348 valence electrons. The highest BCUT2D eigenvalue weighted by molar-refractivity contribution is 7.97. The molecule has 0 saturated heterocycles. The van der Waals surface area contributed by atoms with E-state index in [4.69, 9.17) is 15.3 Å².